The molecule has 0 aliphatic rings. The van der Waals surface area contributed by atoms with Gasteiger partial charge in [0, 0.05) is 25.7 Å². The summed E-state index contributed by atoms with van der Waals surface area (Å²) in [5, 5.41) is 10.5. The number of phosphoric ester groups is 2. The molecule has 0 fully saturated rings. The summed E-state index contributed by atoms with van der Waals surface area (Å²) < 4.78 is 67.5. The first kappa shape index (κ1) is 75.1. The van der Waals surface area contributed by atoms with Crippen LogP contribution in [0.2, 0.25) is 0 Å². The summed E-state index contributed by atoms with van der Waals surface area (Å²) in [4.78, 5) is 71.7. The van der Waals surface area contributed by atoms with E-state index in [1.807, 2.05) is 0 Å². The van der Waals surface area contributed by atoms with Crippen molar-refractivity contribution in [2.45, 2.75) is 292 Å². The van der Waals surface area contributed by atoms with Crippen molar-refractivity contribution in [1.82, 2.24) is 0 Å². The molecule has 17 nitrogen and oxygen atoms in total. The highest BCUT2D eigenvalue weighted by atomic mass is 31.2. The number of carbonyl (C=O) groups is 4. The average molecular weight is 1140 g/mol. The van der Waals surface area contributed by atoms with E-state index in [2.05, 4.69) is 48.5 Å². The van der Waals surface area contributed by atoms with Gasteiger partial charge in [-0.15, -0.1) is 0 Å². The van der Waals surface area contributed by atoms with Crippen LogP contribution in [0.25, 0.3) is 0 Å². The van der Waals surface area contributed by atoms with E-state index in [4.69, 9.17) is 37.0 Å². The smallest absolute Gasteiger partial charge is 0.462 e. The van der Waals surface area contributed by atoms with Crippen molar-refractivity contribution in [3.05, 3.63) is 0 Å². The fourth-order valence-electron chi connectivity index (χ4n) is 8.39. The molecule has 3 N–H and O–H groups in total. The molecule has 3 unspecified atom stereocenters. The lowest BCUT2D eigenvalue weighted by atomic mass is 10.00. The van der Waals surface area contributed by atoms with Gasteiger partial charge < -0.3 is 33.8 Å². The first-order valence-electron chi connectivity index (χ1n) is 30.4. The van der Waals surface area contributed by atoms with E-state index in [1.165, 1.54) is 77.0 Å². The van der Waals surface area contributed by atoms with Crippen LogP contribution >= 0.6 is 15.6 Å². The zero-order chi connectivity index (χ0) is 57.4. The molecule has 0 saturated carbocycles. The van der Waals surface area contributed by atoms with Crippen LogP contribution in [0, 0.1) is 17.8 Å². The molecule has 0 spiro atoms. The van der Waals surface area contributed by atoms with Gasteiger partial charge in [-0.25, -0.2) is 9.13 Å². The highest BCUT2D eigenvalue weighted by Gasteiger charge is 2.30. The molecule has 0 aromatic heterocycles. The second-order valence-corrected chi connectivity index (χ2v) is 25.1. The van der Waals surface area contributed by atoms with E-state index in [0.717, 1.165) is 114 Å². The molecule has 6 atom stereocenters. The van der Waals surface area contributed by atoms with E-state index in [0.29, 0.717) is 25.7 Å². The Labute approximate surface area is 467 Å². The van der Waals surface area contributed by atoms with Gasteiger partial charge in [0.1, 0.15) is 19.3 Å². The molecule has 0 aliphatic carbocycles. The van der Waals surface area contributed by atoms with Gasteiger partial charge >= 0.3 is 39.5 Å². The topological polar surface area (TPSA) is 237 Å². The predicted octanol–water partition coefficient (Wildman–Crippen LogP) is 15.2. The maximum Gasteiger partial charge on any atom is 0.472 e. The summed E-state index contributed by atoms with van der Waals surface area (Å²) >= 11 is 0. The first-order chi connectivity index (χ1) is 36.8. The van der Waals surface area contributed by atoms with Crippen LogP contribution in [0.5, 0.6) is 0 Å². The Hall–Kier alpha value is -1.94. The number of hydrogen-bond acceptors (Lipinski definition) is 15. The van der Waals surface area contributed by atoms with Gasteiger partial charge in [-0.3, -0.25) is 37.3 Å². The van der Waals surface area contributed by atoms with Crippen LogP contribution in [0.1, 0.15) is 273 Å². The SMILES string of the molecule is CCCCCCCC(=O)OC[C@H](COP(=O)(O)OC[C@H](O)COP(=O)(O)OC[C@@H](COC(=O)CCCCCCCCCCC(C)C)OC(=O)CCCCCCCCCCC(C)C)OC(=O)CCCCCCCCC(C)CC. The standard InChI is InChI=1S/C58H112O17P2/c1-8-10-11-22-32-39-55(60)68-45-53(75-58(63)42-35-28-21-20-25-31-38-51(7)9-2)47-72-76(64,65)70-43-52(59)44-71-77(66,67)73-48-54(74-57(62)41-34-27-19-15-13-17-24-30-37-50(5)6)46-69-56(61)40-33-26-18-14-12-16-23-29-36-49(3)4/h49-54,59H,8-48H2,1-7H3,(H,64,65)(H,66,67)/t51?,52-,53+,54+/m0/s1. The number of ether oxygens (including phenoxy) is 4. The fraction of sp³-hybridized carbons (Fsp3) is 0.931. The summed E-state index contributed by atoms with van der Waals surface area (Å²) in [7, 11) is -9.87. The lowest BCUT2D eigenvalue weighted by Crippen LogP contribution is -2.30. The minimum Gasteiger partial charge on any atom is -0.462 e. The van der Waals surface area contributed by atoms with Crippen molar-refractivity contribution >= 4 is 39.5 Å². The lowest BCUT2D eigenvalue weighted by molar-refractivity contribution is -0.161. The maximum absolute atomic E-state index is 12.9. The Morgan fingerprint density at radius 1 is 0.377 bits per heavy atom. The third-order valence-electron chi connectivity index (χ3n) is 13.5. The van der Waals surface area contributed by atoms with Gasteiger partial charge in [-0.1, -0.05) is 222 Å². The fourth-order valence-corrected chi connectivity index (χ4v) is 9.97. The Kier molecular flexibility index (Phi) is 48.6. The quantitative estimate of drug-likeness (QED) is 0.0222. The van der Waals surface area contributed by atoms with E-state index < -0.39 is 97.5 Å². The Morgan fingerprint density at radius 2 is 0.662 bits per heavy atom. The van der Waals surface area contributed by atoms with Gasteiger partial charge in [-0.05, 0) is 43.4 Å². The number of esters is 4. The summed E-state index contributed by atoms with van der Waals surface area (Å²) in [6.07, 6.45) is 28.5. The van der Waals surface area contributed by atoms with Crippen LogP contribution in [0.15, 0.2) is 0 Å². The molecule has 19 heteroatoms. The van der Waals surface area contributed by atoms with Crippen molar-refractivity contribution in [2.75, 3.05) is 39.6 Å². The molecule has 77 heavy (non-hydrogen) atoms. The van der Waals surface area contributed by atoms with Crippen molar-refractivity contribution < 1.29 is 80.2 Å². The maximum atomic E-state index is 12.9. The molecule has 0 bridgehead atoms. The highest BCUT2D eigenvalue weighted by Crippen LogP contribution is 2.45. The zero-order valence-corrected chi connectivity index (χ0v) is 51.2. The van der Waals surface area contributed by atoms with Gasteiger partial charge in [0.15, 0.2) is 12.2 Å². The number of aliphatic hydroxyl groups excluding tert-OH is 1. The minimum absolute atomic E-state index is 0.101. The number of rotatable bonds is 56. The average Bonchev–Trinajstić information content (AvgIpc) is 3.38. The molecule has 0 amide bonds. The van der Waals surface area contributed by atoms with Crippen molar-refractivity contribution in [2.24, 2.45) is 17.8 Å². The third-order valence-corrected chi connectivity index (χ3v) is 15.4. The zero-order valence-electron chi connectivity index (χ0n) is 49.4. The van der Waals surface area contributed by atoms with Gasteiger partial charge in [0.25, 0.3) is 0 Å². The highest BCUT2D eigenvalue weighted by molar-refractivity contribution is 7.47. The monoisotopic (exact) mass is 1140 g/mol. The minimum atomic E-state index is -4.94. The van der Waals surface area contributed by atoms with Crippen LogP contribution in [0.4, 0.5) is 0 Å². The summed E-state index contributed by atoms with van der Waals surface area (Å²) in [5.41, 5.74) is 0. The van der Waals surface area contributed by atoms with E-state index >= 15 is 0 Å². The molecule has 0 rings (SSSR count). The largest absolute Gasteiger partial charge is 0.472 e. The Bertz CT molecular complexity index is 1550. The molecule has 0 aliphatic heterocycles. The van der Waals surface area contributed by atoms with Crippen LogP contribution < -0.4 is 0 Å². The molecule has 0 aromatic carbocycles. The number of hydrogen-bond donors (Lipinski definition) is 3. The van der Waals surface area contributed by atoms with Crippen molar-refractivity contribution in [3.8, 4) is 0 Å². The van der Waals surface area contributed by atoms with E-state index in [1.54, 1.807) is 0 Å². The molecular formula is C58H112O17P2. The van der Waals surface area contributed by atoms with Crippen molar-refractivity contribution in [3.63, 3.8) is 0 Å². The van der Waals surface area contributed by atoms with Crippen LogP contribution in [-0.2, 0) is 65.4 Å². The van der Waals surface area contributed by atoms with Gasteiger partial charge in [-0.2, -0.15) is 0 Å². The predicted molar refractivity (Wildman–Crippen MR) is 303 cm³/mol. The Balaban J connectivity index is 5.20. The van der Waals surface area contributed by atoms with E-state index in [9.17, 15) is 43.2 Å². The van der Waals surface area contributed by atoms with Gasteiger partial charge in [0.2, 0.25) is 0 Å². The second-order valence-electron chi connectivity index (χ2n) is 22.2. The first-order valence-corrected chi connectivity index (χ1v) is 33.4. The Morgan fingerprint density at radius 3 is 0.987 bits per heavy atom. The molecule has 0 aromatic rings. The number of unbranched alkanes of at least 4 members (excludes halogenated alkanes) is 23. The lowest BCUT2D eigenvalue weighted by Gasteiger charge is -2.21. The molecule has 0 radical (unpaired) electrons. The molecular weight excluding hydrogens is 1030 g/mol. The number of aliphatic hydroxyl groups is 1. The summed E-state index contributed by atoms with van der Waals surface area (Å²) in [5.74, 6) is 0.00610. The molecule has 456 valence electrons. The van der Waals surface area contributed by atoms with Crippen LogP contribution in [-0.4, -0.2) is 96.7 Å². The normalized spacial score (nSPS) is 14.9. The number of carbonyl (C=O) groups excluding carboxylic acids is 4. The molecule has 0 saturated heterocycles. The summed E-state index contributed by atoms with van der Waals surface area (Å²) in [6.45, 7) is 11.5. The van der Waals surface area contributed by atoms with Gasteiger partial charge in [0.05, 0.1) is 26.4 Å². The molecule has 0 heterocycles. The number of phosphoric acid groups is 2. The van der Waals surface area contributed by atoms with E-state index in [-0.39, 0.29) is 25.7 Å². The van der Waals surface area contributed by atoms with Crippen LogP contribution in [0.3, 0.4) is 0 Å². The van der Waals surface area contributed by atoms with Crippen molar-refractivity contribution in [1.29, 1.82) is 0 Å². The second kappa shape index (κ2) is 49.8. The third kappa shape index (κ3) is 51.9. The summed E-state index contributed by atoms with van der Waals surface area (Å²) in [6, 6.07) is 0.